The third-order valence-electron chi connectivity index (χ3n) is 2.44. The predicted octanol–water partition coefficient (Wildman–Crippen LogP) is 2.27. The molecule has 0 aliphatic rings. The number of hydrogen-bond donors (Lipinski definition) is 1. The van der Waals surface area contributed by atoms with Crippen molar-refractivity contribution >= 4 is 18.0 Å². The maximum Gasteiger partial charge on any atom is 0.323 e. The first-order valence-corrected chi connectivity index (χ1v) is 6.23. The van der Waals surface area contributed by atoms with Crippen molar-refractivity contribution in [2.75, 3.05) is 13.1 Å². The number of benzene rings is 1. The second kappa shape index (κ2) is 7.36. The number of carbonyl (C=O) groups excluding carboxylic acids is 1. The summed E-state index contributed by atoms with van der Waals surface area (Å²) >= 11 is 0. The van der Waals surface area contributed by atoms with Gasteiger partial charge >= 0.3 is 5.97 Å². The second-order valence-electron chi connectivity index (χ2n) is 4.75. The van der Waals surface area contributed by atoms with Gasteiger partial charge in [0.25, 0.3) is 0 Å². The predicted molar refractivity (Wildman–Crippen MR) is 74.5 cm³/mol. The highest BCUT2D eigenvalue weighted by atomic mass is 16.4. The molecule has 4 heteroatoms. The van der Waals surface area contributed by atoms with Crippen LogP contribution in [0.15, 0.2) is 36.4 Å². The van der Waals surface area contributed by atoms with E-state index >= 15 is 0 Å². The molecule has 4 nitrogen and oxygen atoms in total. The zero-order valence-corrected chi connectivity index (χ0v) is 11.2. The van der Waals surface area contributed by atoms with Crippen molar-refractivity contribution < 1.29 is 14.7 Å². The fraction of sp³-hybridized carbons (Fsp3) is 0.333. The van der Waals surface area contributed by atoms with E-state index < -0.39 is 5.97 Å². The highest BCUT2D eigenvalue weighted by molar-refractivity contribution is 5.93. The molecular formula is C15H19NO3. The lowest BCUT2D eigenvalue weighted by Crippen LogP contribution is -2.37. The van der Waals surface area contributed by atoms with E-state index in [0.717, 1.165) is 5.56 Å². The summed E-state index contributed by atoms with van der Waals surface area (Å²) in [4.78, 5) is 24.1. The Kier molecular flexibility index (Phi) is 5.79. The number of carboxylic acid groups (broad SMARTS) is 1. The number of rotatable bonds is 6. The first-order valence-electron chi connectivity index (χ1n) is 6.23. The number of aliphatic carboxylic acids is 1. The van der Waals surface area contributed by atoms with Crippen molar-refractivity contribution in [1.82, 2.24) is 4.90 Å². The molecule has 1 rings (SSSR count). The Morgan fingerprint density at radius 3 is 2.42 bits per heavy atom. The van der Waals surface area contributed by atoms with Crippen molar-refractivity contribution in [2.24, 2.45) is 5.92 Å². The first kappa shape index (κ1) is 15.0. The smallest absolute Gasteiger partial charge is 0.323 e. The lowest BCUT2D eigenvalue weighted by atomic mass is 10.2. The zero-order valence-electron chi connectivity index (χ0n) is 11.2. The minimum Gasteiger partial charge on any atom is -0.480 e. The lowest BCUT2D eigenvalue weighted by molar-refractivity contribution is -0.143. The van der Waals surface area contributed by atoms with Gasteiger partial charge in [0, 0.05) is 12.6 Å². The summed E-state index contributed by atoms with van der Waals surface area (Å²) in [6, 6.07) is 9.43. The van der Waals surface area contributed by atoms with E-state index in [1.165, 1.54) is 11.0 Å². The van der Waals surface area contributed by atoms with Crippen molar-refractivity contribution in [2.45, 2.75) is 13.8 Å². The largest absolute Gasteiger partial charge is 0.480 e. The summed E-state index contributed by atoms with van der Waals surface area (Å²) < 4.78 is 0. The molecular weight excluding hydrogens is 242 g/mol. The van der Waals surface area contributed by atoms with Crippen LogP contribution >= 0.6 is 0 Å². The van der Waals surface area contributed by atoms with Gasteiger partial charge in [0.1, 0.15) is 6.54 Å². The highest BCUT2D eigenvalue weighted by Gasteiger charge is 2.15. The average molecular weight is 261 g/mol. The van der Waals surface area contributed by atoms with Crippen molar-refractivity contribution in [3.05, 3.63) is 42.0 Å². The van der Waals surface area contributed by atoms with Crippen LogP contribution in [0.25, 0.3) is 6.08 Å². The maximum absolute atomic E-state index is 12.0. The Bertz CT molecular complexity index is 452. The van der Waals surface area contributed by atoms with Crippen LogP contribution in [0.3, 0.4) is 0 Å². The second-order valence-corrected chi connectivity index (χ2v) is 4.75. The van der Waals surface area contributed by atoms with Gasteiger partial charge in [-0.25, -0.2) is 0 Å². The molecule has 0 unspecified atom stereocenters. The molecule has 0 aliphatic carbocycles. The number of nitrogens with zero attached hydrogens (tertiary/aromatic N) is 1. The van der Waals surface area contributed by atoms with Crippen molar-refractivity contribution in [1.29, 1.82) is 0 Å². The van der Waals surface area contributed by atoms with Crippen LogP contribution in [-0.2, 0) is 9.59 Å². The van der Waals surface area contributed by atoms with Gasteiger partial charge in [-0.1, -0.05) is 44.2 Å². The monoisotopic (exact) mass is 261 g/mol. The van der Waals surface area contributed by atoms with E-state index in [1.807, 2.05) is 44.2 Å². The fourth-order valence-electron chi connectivity index (χ4n) is 1.67. The summed E-state index contributed by atoms with van der Waals surface area (Å²) in [5.41, 5.74) is 0.913. The molecule has 0 bridgehead atoms. The number of amides is 1. The summed E-state index contributed by atoms with van der Waals surface area (Å²) in [7, 11) is 0. The number of hydrogen-bond acceptors (Lipinski definition) is 2. The molecule has 0 atom stereocenters. The molecule has 0 aliphatic heterocycles. The summed E-state index contributed by atoms with van der Waals surface area (Å²) in [5, 5.41) is 8.81. The Labute approximate surface area is 113 Å². The van der Waals surface area contributed by atoms with Crippen LogP contribution in [0.2, 0.25) is 0 Å². The standard InChI is InChI=1S/C15H19NO3/c1-12(2)10-16(11-15(18)19)14(17)9-8-13-6-4-3-5-7-13/h3-9,12H,10-11H2,1-2H3,(H,18,19). The molecule has 1 aromatic carbocycles. The quantitative estimate of drug-likeness (QED) is 0.799. The topological polar surface area (TPSA) is 57.6 Å². The van der Waals surface area contributed by atoms with Gasteiger partial charge in [-0.05, 0) is 17.6 Å². The lowest BCUT2D eigenvalue weighted by Gasteiger charge is -2.21. The van der Waals surface area contributed by atoms with Gasteiger partial charge < -0.3 is 10.0 Å². The van der Waals surface area contributed by atoms with Gasteiger partial charge in [0.15, 0.2) is 0 Å². The zero-order chi connectivity index (χ0) is 14.3. The molecule has 0 heterocycles. The van der Waals surface area contributed by atoms with Crippen LogP contribution < -0.4 is 0 Å². The molecule has 0 radical (unpaired) electrons. The molecule has 1 amide bonds. The average Bonchev–Trinajstić information content (AvgIpc) is 2.35. The molecule has 1 N–H and O–H groups in total. The Hall–Kier alpha value is -2.10. The van der Waals surface area contributed by atoms with E-state index in [2.05, 4.69) is 0 Å². The van der Waals surface area contributed by atoms with Crippen LogP contribution in [0.1, 0.15) is 19.4 Å². The van der Waals surface area contributed by atoms with Crippen molar-refractivity contribution in [3.8, 4) is 0 Å². The Morgan fingerprint density at radius 1 is 1.26 bits per heavy atom. The molecule has 0 saturated carbocycles. The summed E-state index contributed by atoms with van der Waals surface area (Å²) in [6.07, 6.45) is 3.11. The number of carboxylic acids is 1. The highest BCUT2D eigenvalue weighted by Crippen LogP contribution is 2.04. The molecule has 1 aromatic rings. The SMILES string of the molecule is CC(C)CN(CC(=O)O)C(=O)C=Cc1ccccc1. The van der Waals surface area contributed by atoms with E-state index in [0.29, 0.717) is 6.54 Å². The molecule has 0 spiro atoms. The molecule has 19 heavy (non-hydrogen) atoms. The van der Waals surface area contributed by atoms with Gasteiger partial charge in [-0.15, -0.1) is 0 Å². The van der Waals surface area contributed by atoms with E-state index in [4.69, 9.17) is 5.11 Å². The molecule has 0 saturated heterocycles. The van der Waals surface area contributed by atoms with Crippen LogP contribution in [-0.4, -0.2) is 35.0 Å². The van der Waals surface area contributed by atoms with Gasteiger partial charge in [0.05, 0.1) is 0 Å². The van der Waals surface area contributed by atoms with Crippen LogP contribution in [0.5, 0.6) is 0 Å². The van der Waals surface area contributed by atoms with E-state index in [1.54, 1.807) is 6.08 Å². The maximum atomic E-state index is 12.0. The summed E-state index contributed by atoms with van der Waals surface area (Å²) in [6.45, 7) is 4.06. The normalized spacial score (nSPS) is 10.9. The van der Waals surface area contributed by atoms with Gasteiger partial charge in [-0.3, -0.25) is 9.59 Å². The Balaban J connectivity index is 2.71. The van der Waals surface area contributed by atoms with Crippen molar-refractivity contribution in [3.63, 3.8) is 0 Å². The number of carbonyl (C=O) groups is 2. The Morgan fingerprint density at radius 2 is 1.89 bits per heavy atom. The van der Waals surface area contributed by atoms with E-state index in [9.17, 15) is 9.59 Å². The van der Waals surface area contributed by atoms with E-state index in [-0.39, 0.29) is 18.4 Å². The van der Waals surface area contributed by atoms with Crippen LogP contribution in [0, 0.1) is 5.92 Å². The van der Waals surface area contributed by atoms with Gasteiger partial charge in [-0.2, -0.15) is 0 Å². The molecule has 0 fully saturated rings. The minimum atomic E-state index is -0.998. The molecule has 102 valence electrons. The van der Waals surface area contributed by atoms with Crippen LogP contribution in [0.4, 0.5) is 0 Å². The first-order chi connectivity index (χ1) is 8.99. The minimum absolute atomic E-state index is 0.230. The third kappa shape index (κ3) is 5.86. The summed E-state index contributed by atoms with van der Waals surface area (Å²) in [5.74, 6) is -1.05. The fourth-order valence-corrected chi connectivity index (χ4v) is 1.67. The molecule has 0 aromatic heterocycles. The third-order valence-corrected chi connectivity index (χ3v) is 2.44. The van der Waals surface area contributed by atoms with Gasteiger partial charge in [0.2, 0.25) is 5.91 Å².